The van der Waals surface area contributed by atoms with Crippen LogP contribution in [0.2, 0.25) is 5.02 Å². The minimum atomic E-state index is -3.57. The van der Waals surface area contributed by atoms with E-state index in [0.29, 0.717) is 4.47 Å². The first-order valence-electron chi connectivity index (χ1n) is 6.84. The molecule has 2 atom stereocenters. The molecule has 130 valence electrons. The van der Waals surface area contributed by atoms with Crippen LogP contribution in [0.3, 0.4) is 0 Å². The maximum Gasteiger partial charge on any atom is 0.279 e. The van der Waals surface area contributed by atoms with Gasteiger partial charge in [0.25, 0.3) is 6.43 Å². The summed E-state index contributed by atoms with van der Waals surface area (Å²) in [5, 5.41) is 10.4. The fourth-order valence-corrected chi connectivity index (χ4v) is 3.28. The van der Waals surface area contributed by atoms with Gasteiger partial charge < -0.3 is 9.67 Å². The SMILES string of the molecule is Cn1cc(C(C)(O)C(F)(c2ccc(Br)cc2Cl)C(F)F)ccc1=O. The Balaban J connectivity index is 2.72. The van der Waals surface area contributed by atoms with E-state index in [1.54, 1.807) is 0 Å². The van der Waals surface area contributed by atoms with E-state index in [2.05, 4.69) is 15.9 Å². The van der Waals surface area contributed by atoms with Gasteiger partial charge in [-0.2, -0.15) is 0 Å². The number of halogens is 5. The molecule has 2 rings (SSSR count). The van der Waals surface area contributed by atoms with Crippen molar-refractivity contribution in [2.75, 3.05) is 0 Å². The van der Waals surface area contributed by atoms with Crippen molar-refractivity contribution < 1.29 is 18.3 Å². The Morgan fingerprint density at radius 3 is 2.42 bits per heavy atom. The molecule has 0 saturated heterocycles. The lowest BCUT2D eigenvalue weighted by atomic mass is 9.76. The van der Waals surface area contributed by atoms with Crippen LogP contribution in [0.4, 0.5) is 13.2 Å². The van der Waals surface area contributed by atoms with Gasteiger partial charge in [0, 0.05) is 39.9 Å². The molecule has 1 heterocycles. The molecule has 0 amide bonds. The van der Waals surface area contributed by atoms with Crippen LogP contribution in [0.5, 0.6) is 0 Å². The summed E-state index contributed by atoms with van der Waals surface area (Å²) in [5.74, 6) is 0. The van der Waals surface area contributed by atoms with Gasteiger partial charge in [-0.15, -0.1) is 0 Å². The molecule has 0 aliphatic carbocycles. The Labute approximate surface area is 149 Å². The van der Waals surface area contributed by atoms with E-state index in [4.69, 9.17) is 11.6 Å². The number of hydrogen-bond donors (Lipinski definition) is 1. The van der Waals surface area contributed by atoms with E-state index in [0.717, 1.165) is 35.9 Å². The smallest absolute Gasteiger partial charge is 0.279 e. The zero-order valence-corrected chi connectivity index (χ0v) is 15.1. The second-order valence-electron chi connectivity index (χ2n) is 5.58. The molecule has 0 radical (unpaired) electrons. The molecule has 1 N–H and O–H groups in total. The van der Waals surface area contributed by atoms with Crippen molar-refractivity contribution in [2.24, 2.45) is 7.05 Å². The first-order chi connectivity index (χ1) is 11.0. The molecule has 0 fully saturated rings. The third-order valence-corrected chi connectivity index (χ3v) is 4.79. The molecule has 24 heavy (non-hydrogen) atoms. The van der Waals surface area contributed by atoms with Crippen molar-refractivity contribution in [3.8, 4) is 0 Å². The monoisotopic (exact) mass is 423 g/mol. The summed E-state index contributed by atoms with van der Waals surface area (Å²) in [6.07, 6.45) is -2.45. The fraction of sp³-hybridized carbons (Fsp3) is 0.312. The number of nitrogens with zero attached hydrogens (tertiary/aromatic N) is 1. The highest BCUT2D eigenvalue weighted by atomic mass is 79.9. The van der Waals surface area contributed by atoms with Crippen LogP contribution in [0.1, 0.15) is 18.1 Å². The van der Waals surface area contributed by atoms with Crippen LogP contribution in [0, 0.1) is 0 Å². The van der Waals surface area contributed by atoms with E-state index in [9.17, 15) is 18.7 Å². The molecular weight excluding hydrogens is 411 g/mol. The number of benzene rings is 1. The number of rotatable bonds is 4. The van der Waals surface area contributed by atoms with Crippen molar-refractivity contribution in [3.05, 3.63) is 67.5 Å². The molecule has 2 unspecified atom stereocenters. The minimum absolute atomic E-state index is 0.175. The molecule has 3 nitrogen and oxygen atoms in total. The molecule has 1 aromatic heterocycles. The highest BCUT2D eigenvalue weighted by Crippen LogP contribution is 2.50. The topological polar surface area (TPSA) is 42.2 Å². The Hall–Kier alpha value is -1.31. The fourth-order valence-electron chi connectivity index (χ4n) is 2.47. The summed E-state index contributed by atoms with van der Waals surface area (Å²) in [7, 11) is 1.37. The Kier molecular flexibility index (Phi) is 5.18. The Morgan fingerprint density at radius 2 is 1.92 bits per heavy atom. The predicted molar refractivity (Wildman–Crippen MR) is 89.2 cm³/mol. The molecule has 2 aromatic rings. The quantitative estimate of drug-likeness (QED) is 0.802. The largest absolute Gasteiger partial charge is 0.381 e. The van der Waals surface area contributed by atoms with Crippen molar-refractivity contribution in [2.45, 2.75) is 24.6 Å². The van der Waals surface area contributed by atoms with Crippen molar-refractivity contribution in [1.82, 2.24) is 4.57 Å². The average Bonchev–Trinajstić information content (AvgIpc) is 2.48. The molecule has 0 bridgehead atoms. The van der Waals surface area contributed by atoms with Crippen LogP contribution in [0.15, 0.2) is 45.8 Å². The third kappa shape index (κ3) is 3.00. The summed E-state index contributed by atoms with van der Waals surface area (Å²) in [4.78, 5) is 11.5. The van der Waals surface area contributed by atoms with Crippen LogP contribution < -0.4 is 5.56 Å². The number of aromatic nitrogens is 1. The molecule has 0 aliphatic heterocycles. The Morgan fingerprint density at radius 1 is 1.29 bits per heavy atom. The van der Waals surface area contributed by atoms with E-state index >= 15 is 4.39 Å². The maximum atomic E-state index is 15.5. The van der Waals surface area contributed by atoms with E-state index in [1.165, 1.54) is 19.2 Å². The van der Waals surface area contributed by atoms with Crippen LogP contribution >= 0.6 is 27.5 Å². The molecule has 0 saturated carbocycles. The Bertz CT molecular complexity index is 825. The second kappa shape index (κ2) is 6.54. The van der Waals surface area contributed by atoms with Gasteiger partial charge in [0.15, 0.2) is 0 Å². The molecule has 0 spiro atoms. The predicted octanol–water partition coefficient (Wildman–Crippen LogP) is 4.14. The first kappa shape index (κ1) is 19.0. The zero-order valence-electron chi connectivity index (χ0n) is 12.7. The molecule has 0 aliphatic rings. The summed E-state index contributed by atoms with van der Waals surface area (Å²) in [5.41, 5.74) is -7.25. The average molecular weight is 425 g/mol. The summed E-state index contributed by atoms with van der Waals surface area (Å²) in [6, 6.07) is 5.90. The number of alkyl halides is 3. The van der Waals surface area contributed by atoms with E-state index < -0.39 is 28.8 Å². The van der Waals surface area contributed by atoms with Gasteiger partial charge in [-0.05, 0) is 25.1 Å². The standard InChI is InChI=1S/C16H14BrClF3NO2/c1-15(24,9-3-6-13(23)22(2)8-9)16(21,14(19)20)11-5-4-10(17)7-12(11)18/h3-8,14,24H,1-2H3. The summed E-state index contributed by atoms with van der Waals surface area (Å²) >= 11 is 9.06. The number of aliphatic hydroxyl groups is 1. The normalized spacial score (nSPS) is 16.7. The van der Waals surface area contributed by atoms with Crippen molar-refractivity contribution in [3.63, 3.8) is 0 Å². The van der Waals surface area contributed by atoms with Crippen LogP contribution in [-0.2, 0) is 18.3 Å². The third-order valence-electron chi connectivity index (χ3n) is 3.98. The maximum absolute atomic E-state index is 15.5. The van der Waals surface area contributed by atoms with Crippen molar-refractivity contribution >= 4 is 27.5 Å². The number of aryl methyl sites for hydroxylation is 1. The van der Waals surface area contributed by atoms with Gasteiger partial charge in [-0.1, -0.05) is 33.6 Å². The van der Waals surface area contributed by atoms with Crippen LogP contribution in [0.25, 0.3) is 0 Å². The number of hydrogen-bond acceptors (Lipinski definition) is 2. The van der Waals surface area contributed by atoms with Gasteiger partial charge in [-0.3, -0.25) is 4.79 Å². The van der Waals surface area contributed by atoms with Gasteiger partial charge in [0.05, 0.1) is 0 Å². The van der Waals surface area contributed by atoms with Gasteiger partial charge in [0.2, 0.25) is 11.2 Å². The highest BCUT2D eigenvalue weighted by molar-refractivity contribution is 9.10. The zero-order chi connectivity index (χ0) is 18.3. The summed E-state index contributed by atoms with van der Waals surface area (Å²) in [6.45, 7) is 0.928. The first-order valence-corrected chi connectivity index (χ1v) is 8.01. The lowest BCUT2D eigenvalue weighted by Crippen LogP contribution is -2.49. The lowest BCUT2D eigenvalue weighted by Gasteiger charge is -2.39. The van der Waals surface area contributed by atoms with E-state index in [-0.39, 0.29) is 10.6 Å². The highest BCUT2D eigenvalue weighted by Gasteiger charge is 2.58. The minimum Gasteiger partial charge on any atom is -0.381 e. The van der Waals surface area contributed by atoms with Gasteiger partial charge >= 0.3 is 0 Å². The van der Waals surface area contributed by atoms with Crippen LogP contribution in [-0.4, -0.2) is 16.1 Å². The van der Waals surface area contributed by atoms with E-state index in [1.807, 2.05) is 0 Å². The second-order valence-corrected chi connectivity index (χ2v) is 6.90. The van der Waals surface area contributed by atoms with Crippen molar-refractivity contribution in [1.29, 1.82) is 0 Å². The summed E-state index contributed by atoms with van der Waals surface area (Å²) < 4.78 is 44.6. The molecule has 1 aromatic carbocycles. The van der Waals surface area contributed by atoms with Gasteiger partial charge in [-0.25, -0.2) is 13.2 Å². The molecular formula is C16H14BrClF3NO2. The molecule has 8 heteroatoms. The van der Waals surface area contributed by atoms with Gasteiger partial charge in [0.1, 0.15) is 5.60 Å². The lowest BCUT2D eigenvalue weighted by molar-refractivity contribution is -0.176. The number of pyridine rings is 1.